The third-order valence-corrected chi connectivity index (χ3v) is 5.64. The molecule has 1 N–H and O–H groups in total. The Morgan fingerprint density at radius 2 is 1.74 bits per heavy atom. The average molecular weight is 373 g/mol. The van der Waals surface area contributed by atoms with Gasteiger partial charge in [-0.3, -0.25) is 14.5 Å². The SMILES string of the molecule is CC(C)N1CC(C(=O)NCc2ccc(CN3CCN(C)CC3)cc2)CC1=O. The zero-order chi connectivity index (χ0) is 19.4. The maximum atomic E-state index is 12.4. The highest BCUT2D eigenvalue weighted by molar-refractivity contribution is 5.89. The van der Waals surface area contributed by atoms with Crippen molar-refractivity contribution < 1.29 is 9.59 Å². The summed E-state index contributed by atoms with van der Waals surface area (Å²) in [5, 5.41) is 2.99. The average Bonchev–Trinajstić information content (AvgIpc) is 3.05. The largest absolute Gasteiger partial charge is 0.352 e. The molecule has 2 fully saturated rings. The summed E-state index contributed by atoms with van der Waals surface area (Å²) in [5.74, 6) is -0.164. The molecule has 2 amide bonds. The maximum Gasteiger partial charge on any atom is 0.225 e. The Morgan fingerprint density at radius 3 is 2.33 bits per heavy atom. The molecular formula is C21H32N4O2. The summed E-state index contributed by atoms with van der Waals surface area (Å²) in [6, 6.07) is 8.64. The first kappa shape index (κ1) is 19.8. The standard InChI is InChI=1S/C21H32N4O2/c1-16(2)25-15-19(12-20(25)26)21(27)22-13-17-4-6-18(7-5-17)14-24-10-8-23(3)9-11-24/h4-7,16,19H,8-15H2,1-3H3,(H,22,27). The van der Waals surface area contributed by atoms with Crippen molar-refractivity contribution in [1.29, 1.82) is 0 Å². The lowest BCUT2D eigenvalue weighted by molar-refractivity contribution is -0.129. The second-order valence-corrected chi connectivity index (χ2v) is 8.15. The number of amides is 2. The molecule has 2 heterocycles. The number of rotatable bonds is 6. The molecule has 0 spiro atoms. The first-order chi connectivity index (χ1) is 12.9. The van der Waals surface area contributed by atoms with Crippen LogP contribution in [0.5, 0.6) is 0 Å². The highest BCUT2D eigenvalue weighted by Crippen LogP contribution is 2.20. The van der Waals surface area contributed by atoms with Gasteiger partial charge >= 0.3 is 0 Å². The molecule has 148 valence electrons. The van der Waals surface area contributed by atoms with E-state index in [4.69, 9.17) is 0 Å². The number of hydrogen-bond donors (Lipinski definition) is 1. The Labute approximate surface area is 162 Å². The minimum atomic E-state index is -0.226. The third kappa shape index (κ3) is 5.30. The van der Waals surface area contributed by atoms with E-state index in [9.17, 15) is 9.59 Å². The summed E-state index contributed by atoms with van der Waals surface area (Å²) in [6.45, 7) is 10.5. The monoisotopic (exact) mass is 372 g/mol. The van der Waals surface area contributed by atoms with Gasteiger partial charge in [0.15, 0.2) is 0 Å². The van der Waals surface area contributed by atoms with Gasteiger partial charge in [0, 0.05) is 58.3 Å². The van der Waals surface area contributed by atoms with E-state index in [0.29, 0.717) is 19.5 Å². The van der Waals surface area contributed by atoms with E-state index in [-0.39, 0.29) is 23.8 Å². The number of carbonyl (C=O) groups excluding carboxylic acids is 2. The molecule has 0 radical (unpaired) electrons. The van der Waals surface area contributed by atoms with Gasteiger partial charge in [-0.2, -0.15) is 0 Å². The molecule has 2 aliphatic rings. The molecule has 1 aromatic rings. The van der Waals surface area contributed by atoms with Crippen LogP contribution in [-0.2, 0) is 22.7 Å². The fourth-order valence-corrected chi connectivity index (χ4v) is 3.77. The van der Waals surface area contributed by atoms with Crippen LogP contribution in [0.2, 0.25) is 0 Å². The zero-order valence-corrected chi connectivity index (χ0v) is 16.8. The van der Waals surface area contributed by atoms with Gasteiger partial charge in [-0.25, -0.2) is 0 Å². The van der Waals surface area contributed by atoms with Crippen LogP contribution in [0.4, 0.5) is 0 Å². The molecular weight excluding hydrogens is 340 g/mol. The van der Waals surface area contributed by atoms with Crippen molar-refractivity contribution in [3.05, 3.63) is 35.4 Å². The van der Waals surface area contributed by atoms with Crippen molar-refractivity contribution >= 4 is 11.8 Å². The van der Waals surface area contributed by atoms with E-state index in [1.54, 1.807) is 4.90 Å². The predicted octanol–water partition coefficient (Wildman–Crippen LogP) is 1.31. The number of piperazine rings is 1. The van der Waals surface area contributed by atoms with E-state index < -0.39 is 0 Å². The summed E-state index contributed by atoms with van der Waals surface area (Å²) >= 11 is 0. The third-order valence-electron chi connectivity index (χ3n) is 5.64. The number of likely N-dealkylation sites (N-methyl/N-ethyl adjacent to an activating group) is 1. The quantitative estimate of drug-likeness (QED) is 0.818. The lowest BCUT2D eigenvalue weighted by Gasteiger charge is -2.32. The van der Waals surface area contributed by atoms with Crippen molar-refractivity contribution in [3.8, 4) is 0 Å². The second-order valence-electron chi connectivity index (χ2n) is 8.15. The molecule has 1 unspecified atom stereocenters. The lowest BCUT2D eigenvalue weighted by Crippen LogP contribution is -2.43. The van der Waals surface area contributed by atoms with Gasteiger partial charge in [-0.05, 0) is 32.0 Å². The Morgan fingerprint density at radius 1 is 1.11 bits per heavy atom. The van der Waals surface area contributed by atoms with Gasteiger partial charge in [-0.1, -0.05) is 24.3 Å². The van der Waals surface area contributed by atoms with Crippen LogP contribution in [0.25, 0.3) is 0 Å². The van der Waals surface area contributed by atoms with Gasteiger partial charge in [0.2, 0.25) is 11.8 Å². The smallest absolute Gasteiger partial charge is 0.225 e. The highest BCUT2D eigenvalue weighted by atomic mass is 16.2. The molecule has 3 rings (SSSR count). The Hall–Kier alpha value is -1.92. The number of nitrogens with one attached hydrogen (secondary N) is 1. The van der Waals surface area contributed by atoms with E-state index in [0.717, 1.165) is 38.3 Å². The van der Waals surface area contributed by atoms with E-state index in [1.165, 1.54) is 5.56 Å². The van der Waals surface area contributed by atoms with Gasteiger partial charge in [-0.15, -0.1) is 0 Å². The van der Waals surface area contributed by atoms with E-state index in [1.807, 2.05) is 13.8 Å². The second kappa shape index (κ2) is 8.85. The minimum Gasteiger partial charge on any atom is -0.352 e. The van der Waals surface area contributed by atoms with Crippen molar-refractivity contribution in [2.24, 2.45) is 5.92 Å². The van der Waals surface area contributed by atoms with Gasteiger partial charge in [0.05, 0.1) is 5.92 Å². The van der Waals surface area contributed by atoms with Crippen molar-refractivity contribution in [2.45, 2.75) is 39.4 Å². The van der Waals surface area contributed by atoms with Gasteiger partial charge in [0.25, 0.3) is 0 Å². The van der Waals surface area contributed by atoms with Crippen LogP contribution in [0.1, 0.15) is 31.4 Å². The van der Waals surface area contributed by atoms with Crippen molar-refractivity contribution in [2.75, 3.05) is 39.8 Å². The number of hydrogen-bond acceptors (Lipinski definition) is 4. The van der Waals surface area contributed by atoms with Gasteiger partial charge in [0.1, 0.15) is 0 Å². The lowest BCUT2D eigenvalue weighted by atomic mass is 10.1. The maximum absolute atomic E-state index is 12.4. The number of benzene rings is 1. The van der Waals surface area contributed by atoms with Gasteiger partial charge < -0.3 is 15.1 Å². The molecule has 6 heteroatoms. The summed E-state index contributed by atoms with van der Waals surface area (Å²) in [7, 11) is 2.17. The first-order valence-corrected chi connectivity index (χ1v) is 9.98. The van der Waals surface area contributed by atoms with E-state index >= 15 is 0 Å². The summed E-state index contributed by atoms with van der Waals surface area (Å²) < 4.78 is 0. The Kier molecular flexibility index (Phi) is 6.50. The summed E-state index contributed by atoms with van der Waals surface area (Å²) in [4.78, 5) is 31.0. The Balaban J connectivity index is 1.45. The van der Waals surface area contributed by atoms with Crippen molar-refractivity contribution in [1.82, 2.24) is 20.0 Å². The van der Waals surface area contributed by atoms with E-state index in [2.05, 4.69) is 46.4 Å². The molecule has 27 heavy (non-hydrogen) atoms. The summed E-state index contributed by atoms with van der Waals surface area (Å²) in [6.07, 6.45) is 0.327. The highest BCUT2D eigenvalue weighted by Gasteiger charge is 2.35. The molecule has 0 aromatic heterocycles. The molecule has 0 saturated carbocycles. The van der Waals surface area contributed by atoms with Crippen LogP contribution in [0.15, 0.2) is 24.3 Å². The molecule has 2 saturated heterocycles. The molecule has 1 aromatic carbocycles. The van der Waals surface area contributed by atoms with Crippen LogP contribution in [-0.4, -0.2) is 72.3 Å². The van der Waals surface area contributed by atoms with Crippen LogP contribution < -0.4 is 5.32 Å². The molecule has 6 nitrogen and oxygen atoms in total. The number of carbonyl (C=O) groups is 2. The number of nitrogens with zero attached hydrogens (tertiary/aromatic N) is 3. The summed E-state index contributed by atoms with van der Waals surface area (Å²) in [5.41, 5.74) is 2.40. The van der Waals surface area contributed by atoms with Crippen LogP contribution >= 0.6 is 0 Å². The molecule has 2 aliphatic heterocycles. The molecule has 1 atom stereocenters. The fraction of sp³-hybridized carbons (Fsp3) is 0.619. The fourth-order valence-electron chi connectivity index (χ4n) is 3.77. The minimum absolute atomic E-state index is 0.0204. The first-order valence-electron chi connectivity index (χ1n) is 9.98. The normalized spacial score (nSPS) is 21.9. The number of likely N-dealkylation sites (tertiary alicyclic amines) is 1. The Bertz CT molecular complexity index is 651. The zero-order valence-electron chi connectivity index (χ0n) is 16.8. The predicted molar refractivity (Wildman–Crippen MR) is 106 cm³/mol. The van der Waals surface area contributed by atoms with Crippen LogP contribution in [0.3, 0.4) is 0 Å². The van der Waals surface area contributed by atoms with Crippen LogP contribution in [0, 0.1) is 5.92 Å². The van der Waals surface area contributed by atoms with Crippen molar-refractivity contribution in [3.63, 3.8) is 0 Å². The topological polar surface area (TPSA) is 55.9 Å². The molecule has 0 bridgehead atoms. The molecule has 0 aliphatic carbocycles.